The summed E-state index contributed by atoms with van der Waals surface area (Å²) in [4.78, 5) is 6.99. The van der Waals surface area contributed by atoms with E-state index in [0.29, 0.717) is 0 Å². The summed E-state index contributed by atoms with van der Waals surface area (Å²) in [7, 11) is 2.28. The zero-order valence-electron chi connectivity index (χ0n) is 9.48. The van der Waals surface area contributed by atoms with Crippen LogP contribution >= 0.6 is 0 Å². The summed E-state index contributed by atoms with van der Waals surface area (Å²) < 4.78 is 0. The molecule has 0 aromatic carbocycles. The van der Waals surface area contributed by atoms with Crippen LogP contribution in [0.1, 0.15) is 43.9 Å². The molecule has 2 saturated heterocycles. The molecule has 3 rings (SSSR count). The van der Waals surface area contributed by atoms with Crippen molar-refractivity contribution in [3.05, 3.63) is 29.6 Å². The molecule has 0 amide bonds. The number of likely N-dealkylation sites (N-methyl/N-ethyl adjacent to an activating group) is 1. The summed E-state index contributed by atoms with van der Waals surface area (Å²) in [5.74, 6) is 0.738. The van der Waals surface area contributed by atoms with Crippen molar-refractivity contribution in [2.24, 2.45) is 0 Å². The van der Waals surface area contributed by atoms with Gasteiger partial charge in [0.25, 0.3) is 0 Å². The monoisotopic (exact) mass is 218 g/mol. The van der Waals surface area contributed by atoms with Gasteiger partial charge in [-0.3, -0.25) is 9.88 Å². The van der Waals surface area contributed by atoms with Crippen molar-refractivity contribution in [2.45, 2.75) is 51.6 Å². The summed E-state index contributed by atoms with van der Waals surface area (Å²) in [6.07, 6.45) is 6.19. The zero-order valence-corrected chi connectivity index (χ0v) is 9.48. The molecule has 3 heterocycles. The number of hydrogen-bond acceptors (Lipinski definition) is 2. The molecule has 2 aliphatic rings. The van der Waals surface area contributed by atoms with Crippen molar-refractivity contribution in [3.8, 4) is 0 Å². The van der Waals surface area contributed by atoms with Crippen LogP contribution in [0.5, 0.6) is 0 Å². The quantitative estimate of drug-likeness (QED) is 0.720. The molecule has 0 spiro atoms. The summed E-state index contributed by atoms with van der Waals surface area (Å²) in [6, 6.07) is 6.02. The predicted octanol–water partition coefficient (Wildman–Crippen LogP) is 2.98. The molecule has 0 saturated carbocycles. The van der Waals surface area contributed by atoms with Gasteiger partial charge in [-0.2, -0.15) is 0 Å². The van der Waals surface area contributed by atoms with Crippen LogP contribution in [0.25, 0.3) is 0 Å². The highest BCUT2D eigenvalue weighted by Crippen LogP contribution is 2.45. The lowest BCUT2D eigenvalue weighted by Gasteiger charge is -2.21. The van der Waals surface area contributed by atoms with E-state index in [1.807, 2.05) is 0 Å². The normalized spacial score (nSPS) is 32.8. The van der Waals surface area contributed by atoms with E-state index in [0.717, 1.165) is 23.7 Å². The minimum atomic E-state index is 0. The molecular weight excluding hydrogens is 196 g/mol. The number of hydrogen-bond donors (Lipinski definition) is 0. The average molecular weight is 218 g/mol. The SMILES string of the molecule is C.Cc1ccc(C2CC3CCC2N3C)cn1. The highest BCUT2D eigenvalue weighted by molar-refractivity contribution is 5.23. The van der Waals surface area contributed by atoms with Crippen LogP contribution in [-0.4, -0.2) is 29.0 Å². The molecule has 2 aliphatic heterocycles. The van der Waals surface area contributed by atoms with Crippen LogP contribution in [0.4, 0.5) is 0 Å². The molecule has 2 fully saturated rings. The minimum Gasteiger partial charge on any atom is -0.300 e. The van der Waals surface area contributed by atoms with Crippen LogP contribution in [0.15, 0.2) is 18.3 Å². The fourth-order valence-corrected chi connectivity index (χ4v) is 3.32. The van der Waals surface area contributed by atoms with Crippen LogP contribution in [0.2, 0.25) is 0 Å². The molecule has 3 atom stereocenters. The van der Waals surface area contributed by atoms with E-state index in [4.69, 9.17) is 0 Å². The van der Waals surface area contributed by atoms with Gasteiger partial charge in [-0.1, -0.05) is 13.5 Å². The lowest BCUT2D eigenvalue weighted by molar-refractivity contribution is 0.307. The van der Waals surface area contributed by atoms with Gasteiger partial charge in [-0.25, -0.2) is 0 Å². The van der Waals surface area contributed by atoms with E-state index >= 15 is 0 Å². The van der Waals surface area contributed by atoms with Gasteiger partial charge in [0, 0.05) is 29.9 Å². The minimum absolute atomic E-state index is 0. The molecule has 88 valence electrons. The molecule has 1 aromatic heterocycles. The molecule has 2 nitrogen and oxygen atoms in total. The molecule has 0 aliphatic carbocycles. The van der Waals surface area contributed by atoms with E-state index in [2.05, 4.69) is 42.2 Å². The van der Waals surface area contributed by atoms with E-state index in [9.17, 15) is 0 Å². The molecule has 0 N–H and O–H groups in total. The van der Waals surface area contributed by atoms with Crippen molar-refractivity contribution in [3.63, 3.8) is 0 Å². The molecule has 3 unspecified atom stereocenters. The van der Waals surface area contributed by atoms with Crippen LogP contribution in [0, 0.1) is 6.92 Å². The number of rotatable bonds is 1. The summed E-state index contributed by atoms with van der Waals surface area (Å²) >= 11 is 0. The number of nitrogens with zero attached hydrogens (tertiary/aromatic N) is 2. The van der Waals surface area contributed by atoms with Crippen molar-refractivity contribution >= 4 is 0 Å². The molecule has 16 heavy (non-hydrogen) atoms. The highest BCUT2D eigenvalue weighted by atomic mass is 15.2. The first-order valence-electron chi connectivity index (χ1n) is 5.90. The molecule has 0 radical (unpaired) electrons. The Morgan fingerprint density at radius 3 is 2.62 bits per heavy atom. The highest BCUT2D eigenvalue weighted by Gasteiger charge is 2.44. The molecular formula is C14H22N2. The van der Waals surface area contributed by atoms with Crippen molar-refractivity contribution in [2.75, 3.05) is 7.05 Å². The van der Waals surface area contributed by atoms with Gasteiger partial charge in [-0.15, -0.1) is 0 Å². The second-order valence-electron chi connectivity index (χ2n) is 5.04. The Balaban J connectivity index is 0.000000963. The van der Waals surface area contributed by atoms with E-state index in [1.54, 1.807) is 0 Å². The maximum Gasteiger partial charge on any atom is 0.0372 e. The maximum atomic E-state index is 4.41. The van der Waals surface area contributed by atoms with Gasteiger partial charge < -0.3 is 0 Å². The second-order valence-corrected chi connectivity index (χ2v) is 5.04. The lowest BCUT2D eigenvalue weighted by atomic mass is 9.84. The average Bonchev–Trinajstić information content (AvgIpc) is 2.75. The molecule has 2 heteroatoms. The third-order valence-electron chi connectivity index (χ3n) is 4.25. The van der Waals surface area contributed by atoms with Crippen LogP contribution < -0.4 is 0 Å². The van der Waals surface area contributed by atoms with Gasteiger partial charge in [0.1, 0.15) is 0 Å². The topological polar surface area (TPSA) is 16.1 Å². The Hall–Kier alpha value is -0.890. The third kappa shape index (κ3) is 1.65. The number of aryl methyl sites for hydroxylation is 1. The van der Waals surface area contributed by atoms with Gasteiger partial charge in [-0.05, 0) is 44.9 Å². The van der Waals surface area contributed by atoms with E-state index in [1.165, 1.54) is 24.8 Å². The van der Waals surface area contributed by atoms with Gasteiger partial charge >= 0.3 is 0 Å². The number of pyridine rings is 1. The Morgan fingerprint density at radius 1 is 1.31 bits per heavy atom. The molecule has 2 bridgehead atoms. The van der Waals surface area contributed by atoms with Crippen LogP contribution in [0.3, 0.4) is 0 Å². The first kappa shape index (κ1) is 11.6. The van der Waals surface area contributed by atoms with E-state index in [-0.39, 0.29) is 7.43 Å². The van der Waals surface area contributed by atoms with Crippen LogP contribution in [-0.2, 0) is 0 Å². The van der Waals surface area contributed by atoms with Crippen molar-refractivity contribution in [1.29, 1.82) is 0 Å². The smallest absolute Gasteiger partial charge is 0.0372 e. The fraction of sp³-hybridized carbons (Fsp3) is 0.643. The molecule has 1 aromatic rings. The maximum absolute atomic E-state index is 4.41. The van der Waals surface area contributed by atoms with Gasteiger partial charge in [0.05, 0.1) is 0 Å². The van der Waals surface area contributed by atoms with E-state index < -0.39 is 0 Å². The summed E-state index contributed by atoms with van der Waals surface area (Å²) in [6.45, 7) is 2.05. The first-order chi connectivity index (χ1) is 7.25. The first-order valence-corrected chi connectivity index (χ1v) is 5.90. The second kappa shape index (κ2) is 4.17. The fourth-order valence-electron chi connectivity index (χ4n) is 3.32. The Labute approximate surface area is 98.7 Å². The third-order valence-corrected chi connectivity index (χ3v) is 4.25. The summed E-state index contributed by atoms with van der Waals surface area (Å²) in [5.41, 5.74) is 2.56. The van der Waals surface area contributed by atoms with Gasteiger partial charge in [0.2, 0.25) is 0 Å². The predicted molar refractivity (Wildman–Crippen MR) is 67.6 cm³/mol. The number of aromatic nitrogens is 1. The van der Waals surface area contributed by atoms with Crippen molar-refractivity contribution < 1.29 is 0 Å². The standard InChI is InChI=1S/C13H18N2.CH4/c1-9-3-4-10(8-14-9)12-7-11-5-6-13(12)15(11)2;/h3-4,8,11-13H,5-7H2,1-2H3;1H4. The zero-order chi connectivity index (χ0) is 10.4. The Morgan fingerprint density at radius 2 is 2.12 bits per heavy atom. The Kier molecular flexibility index (Phi) is 3.02. The van der Waals surface area contributed by atoms with Crippen molar-refractivity contribution in [1.82, 2.24) is 9.88 Å². The summed E-state index contributed by atoms with van der Waals surface area (Å²) in [5, 5.41) is 0. The number of fused-ring (bicyclic) bond motifs is 2. The largest absolute Gasteiger partial charge is 0.300 e. The van der Waals surface area contributed by atoms with Gasteiger partial charge in [0.15, 0.2) is 0 Å². The lowest BCUT2D eigenvalue weighted by Crippen LogP contribution is -2.25. The Bertz CT molecular complexity index is 358.